The number of benzene rings is 1. The van der Waals surface area contributed by atoms with Gasteiger partial charge in [0.2, 0.25) is 5.75 Å². The highest BCUT2D eigenvalue weighted by Crippen LogP contribution is 2.37. The van der Waals surface area contributed by atoms with Crippen LogP contribution in [0, 0.1) is 0 Å². The van der Waals surface area contributed by atoms with Crippen LogP contribution in [0.2, 0.25) is 0 Å². The second kappa shape index (κ2) is 7.77. The number of nitrogens with zero attached hydrogens (tertiary/aromatic N) is 1. The van der Waals surface area contributed by atoms with E-state index in [-0.39, 0.29) is 5.75 Å². The Balaban J connectivity index is 2.01. The lowest BCUT2D eigenvalue weighted by molar-refractivity contribution is 0.339. The van der Waals surface area contributed by atoms with Crippen LogP contribution in [0.4, 0.5) is 0 Å². The van der Waals surface area contributed by atoms with Crippen LogP contribution in [0.1, 0.15) is 37.7 Å². The summed E-state index contributed by atoms with van der Waals surface area (Å²) in [5, 5.41) is 13.2. The molecule has 122 valence electrons. The lowest BCUT2D eigenvalue weighted by Gasteiger charge is -2.23. The monoisotopic (exact) mass is 307 g/mol. The van der Waals surface area contributed by atoms with Crippen LogP contribution in [-0.2, 0) is 6.54 Å². The van der Waals surface area contributed by atoms with E-state index in [1.165, 1.54) is 33.5 Å². The van der Waals surface area contributed by atoms with E-state index in [1.54, 1.807) is 12.1 Å². The van der Waals surface area contributed by atoms with Crippen LogP contribution in [0.5, 0.6) is 17.2 Å². The molecule has 6 nitrogen and oxygen atoms in total. The third-order valence-electron chi connectivity index (χ3n) is 3.93. The summed E-state index contributed by atoms with van der Waals surface area (Å²) in [5.41, 5.74) is 6.81. The SMILES string of the molecule is COc1cc(CN=C(N)NC2CCCCC2)cc(OC)c1O. The molecule has 1 saturated carbocycles. The molecular formula is C16H25N3O3. The molecule has 0 radical (unpaired) electrons. The zero-order valence-corrected chi connectivity index (χ0v) is 13.3. The van der Waals surface area contributed by atoms with Gasteiger partial charge in [0.25, 0.3) is 0 Å². The van der Waals surface area contributed by atoms with Crippen molar-refractivity contribution in [1.82, 2.24) is 5.32 Å². The molecule has 0 amide bonds. The lowest BCUT2D eigenvalue weighted by atomic mass is 9.96. The Kier molecular flexibility index (Phi) is 5.75. The van der Waals surface area contributed by atoms with Gasteiger partial charge in [-0.25, -0.2) is 4.99 Å². The summed E-state index contributed by atoms with van der Waals surface area (Å²) >= 11 is 0. The number of aromatic hydroxyl groups is 1. The average Bonchev–Trinajstić information content (AvgIpc) is 2.54. The average molecular weight is 307 g/mol. The Bertz CT molecular complexity index is 500. The molecule has 2 rings (SSSR count). The standard InChI is InChI=1S/C16H25N3O3/c1-21-13-8-11(9-14(22-2)15(13)20)10-18-16(17)19-12-6-4-3-5-7-12/h8-9,12,20H,3-7,10H2,1-2H3,(H3,17,18,19). The van der Waals surface area contributed by atoms with Gasteiger partial charge in [0.1, 0.15) is 0 Å². The highest BCUT2D eigenvalue weighted by molar-refractivity contribution is 5.78. The molecule has 1 aromatic rings. The van der Waals surface area contributed by atoms with Crippen molar-refractivity contribution in [3.63, 3.8) is 0 Å². The molecule has 0 heterocycles. The van der Waals surface area contributed by atoms with Crippen molar-refractivity contribution < 1.29 is 14.6 Å². The second-order valence-corrected chi connectivity index (χ2v) is 5.53. The maximum atomic E-state index is 9.88. The highest BCUT2D eigenvalue weighted by atomic mass is 16.5. The van der Waals surface area contributed by atoms with Gasteiger partial charge in [-0.3, -0.25) is 0 Å². The van der Waals surface area contributed by atoms with Gasteiger partial charge in [-0.15, -0.1) is 0 Å². The van der Waals surface area contributed by atoms with E-state index in [4.69, 9.17) is 15.2 Å². The summed E-state index contributed by atoms with van der Waals surface area (Å²) in [5.74, 6) is 1.18. The van der Waals surface area contributed by atoms with Crippen molar-refractivity contribution in [3.05, 3.63) is 17.7 Å². The number of phenols is 1. The smallest absolute Gasteiger partial charge is 0.200 e. The Morgan fingerprint density at radius 2 is 1.82 bits per heavy atom. The van der Waals surface area contributed by atoms with Gasteiger partial charge in [0.05, 0.1) is 20.8 Å². The summed E-state index contributed by atoms with van der Waals surface area (Å²) in [6, 6.07) is 3.89. The number of hydrogen-bond acceptors (Lipinski definition) is 4. The molecule has 4 N–H and O–H groups in total. The summed E-state index contributed by atoms with van der Waals surface area (Å²) in [4.78, 5) is 4.36. The Morgan fingerprint density at radius 1 is 1.23 bits per heavy atom. The van der Waals surface area contributed by atoms with Crippen molar-refractivity contribution in [2.24, 2.45) is 10.7 Å². The van der Waals surface area contributed by atoms with Crippen LogP contribution in [-0.4, -0.2) is 31.3 Å². The summed E-state index contributed by atoms with van der Waals surface area (Å²) < 4.78 is 10.3. The first-order chi connectivity index (χ1) is 10.6. The number of hydrogen-bond donors (Lipinski definition) is 3. The van der Waals surface area contributed by atoms with Crippen molar-refractivity contribution >= 4 is 5.96 Å². The third kappa shape index (κ3) is 4.19. The quantitative estimate of drug-likeness (QED) is 0.573. The molecule has 0 saturated heterocycles. The molecule has 0 spiro atoms. The minimum absolute atomic E-state index is 0.00830. The van der Waals surface area contributed by atoms with Crippen LogP contribution < -0.4 is 20.5 Å². The maximum Gasteiger partial charge on any atom is 0.200 e. The molecule has 0 aromatic heterocycles. The van der Waals surface area contributed by atoms with Crippen LogP contribution in [0.3, 0.4) is 0 Å². The lowest BCUT2D eigenvalue weighted by Crippen LogP contribution is -2.41. The molecule has 22 heavy (non-hydrogen) atoms. The van der Waals surface area contributed by atoms with Crippen molar-refractivity contribution in [2.45, 2.75) is 44.7 Å². The van der Waals surface area contributed by atoms with E-state index in [9.17, 15) is 5.11 Å². The fraction of sp³-hybridized carbons (Fsp3) is 0.562. The van der Waals surface area contributed by atoms with E-state index >= 15 is 0 Å². The van der Waals surface area contributed by atoms with Crippen molar-refractivity contribution in [1.29, 1.82) is 0 Å². The van der Waals surface area contributed by atoms with Crippen molar-refractivity contribution in [3.8, 4) is 17.2 Å². The van der Waals surface area contributed by atoms with Gasteiger partial charge < -0.3 is 25.6 Å². The largest absolute Gasteiger partial charge is 0.502 e. The fourth-order valence-electron chi connectivity index (χ4n) is 2.72. The highest BCUT2D eigenvalue weighted by Gasteiger charge is 2.14. The van der Waals surface area contributed by atoms with Crippen LogP contribution >= 0.6 is 0 Å². The van der Waals surface area contributed by atoms with Gasteiger partial charge >= 0.3 is 0 Å². The molecule has 0 bridgehead atoms. The number of guanidine groups is 1. The predicted molar refractivity (Wildman–Crippen MR) is 86.5 cm³/mol. The number of nitrogens with two attached hydrogens (primary N) is 1. The zero-order valence-electron chi connectivity index (χ0n) is 13.3. The molecular weight excluding hydrogens is 282 g/mol. The minimum atomic E-state index is -0.00830. The summed E-state index contributed by atoms with van der Waals surface area (Å²) in [7, 11) is 3.00. The van der Waals surface area contributed by atoms with Gasteiger partial charge in [0.15, 0.2) is 17.5 Å². The van der Waals surface area contributed by atoms with Crippen LogP contribution in [0.15, 0.2) is 17.1 Å². The topological polar surface area (TPSA) is 89.1 Å². The Hall–Kier alpha value is -2.11. The predicted octanol–water partition coefficient (Wildman–Crippen LogP) is 2.15. The molecule has 0 aliphatic heterocycles. The van der Waals surface area contributed by atoms with Gasteiger partial charge in [-0.1, -0.05) is 19.3 Å². The zero-order chi connectivity index (χ0) is 15.9. The first-order valence-electron chi connectivity index (χ1n) is 7.64. The number of phenolic OH excluding ortho intramolecular Hbond substituents is 1. The van der Waals surface area contributed by atoms with Gasteiger partial charge in [-0.2, -0.15) is 0 Å². The van der Waals surface area contributed by atoms with E-state index in [2.05, 4.69) is 10.3 Å². The van der Waals surface area contributed by atoms with E-state index < -0.39 is 0 Å². The number of rotatable bonds is 5. The van der Waals surface area contributed by atoms with Gasteiger partial charge in [0, 0.05) is 6.04 Å². The number of methoxy groups -OCH3 is 2. The first kappa shape index (κ1) is 16.3. The van der Waals surface area contributed by atoms with E-state index in [0.29, 0.717) is 30.0 Å². The Labute approximate surface area is 131 Å². The number of ether oxygens (including phenoxy) is 2. The van der Waals surface area contributed by atoms with Crippen LogP contribution in [0.25, 0.3) is 0 Å². The normalized spacial score (nSPS) is 16.4. The molecule has 1 fully saturated rings. The Morgan fingerprint density at radius 3 is 2.36 bits per heavy atom. The molecule has 0 unspecified atom stereocenters. The second-order valence-electron chi connectivity index (χ2n) is 5.53. The number of aliphatic imine (C=N–C) groups is 1. The first-order valence-corrected chi connectivity index (χ1v) is 7.64. The van der Waals surface area contributed by atoms with Crippen molar-refractivity contribution in [2.75, 3.05) is 14.2 Å². The molecule has 1 aromatic carbocycles. The van der Waals surface area contributed by atoms with E-state index in [1.807, 2.05) is 0 Å². The molecule has 1 aliphatic carbocycles. The van der Waals surface area contributed by atoms with E-state index in [0.717, 1.165) is 18.4 Å². The molecule has 1 aliphatic rings. The molecule has 0 atom stereocenters. The number of nitrogens with one attached hydrogen (secondary N) is 1. The molecule has 6 heteroatoms. The fourth-order valence-corrected chi connectivity index (χ4v) is 2.72. The summed E-state index contributed by atoms with van der Waals surface area (Å²) in [6.07, 6.45) is 6.10. The summed E-state index contributed by atoms with van der Waals surface area (Å²) in [6.45, 7) is 0.401. The van der Waals surface area contributed by atoms with Gasteiger partial charge in [-0.05, 0) is 30.5 Å². The maximum absolute atomic E-state index is 9.88. The third-order valence-corrected chi connectivity index (χ3v) is 3.93. The minimum Gasteiger partial charge on any atom is -0.502 e.